The summed E-state index contributed by atoms with van der Waals surface area (Å²) in [6.07, 6.45) is 0. The number of aryl methyl sites for hydroxylation is 3. The Morgan fingerprint density at radius 2 is 1.79 bits per heavy atom. The van der Waals surface area contributed by atoms with Gasteiger partial charge in [0.2, 0.25) is 0 Å². The zero-order valence-electron chi connectivity index (χ0n) is 20.1. The van der Waals surface area contributed by atoms with Crippen LogP contribution in [0.4, 0.5) is 5.69 Å². The third kappa shape index (κ3) is 4.38. The summed E-state index contributed by atoms with van der Waals surface area (Å²) in [7, 11) is 0. The Morgan fingerprint density at radius 3 is 2.41 bits per heavy atom. The van der Waals surface area contributed by atoms with Gasteiger partial charge >= 0.3 is 0 Å². The van der Waals surface area contributed by atoms with E-state index in [0.29, 0.717) is 23.8 Å². The van der Waals surface area contributed by atoms with Crippen molar-refractivity contribution in [3.63, 3.8) is 0 Å². The largest absolute Gasteiger partial charge is 0.507 e. The van der Waals surface area contributed by atoms with E-state index in [1.165, 1.54) is 16.2 Å². The van der Waals surface area contributed by atoms with Crippen LogP contribution < -0.4 is 9.64 Å². The smallest absolute Gasteiger partial charge is 0.300 e. The molecule has 0 radical (unpaired) electrons. The van der Waals surface area contributed by atoms with Crippen molar-refractivity contribution in [3.8, 4) is 5.75 Å². The first-order chi connectivity index (χ1) is 16.2. The van der Waals surface area contributed by atoms with Crippen LogP contribution in [0.25, 0.3) is 5.76 Å². The monoisotopic (exact) mass is 475 g/mol. The van der Waals surface area contributed by atoms with E-state index in [9.17, 15) is 14.7 Å². The summed E-state index contributed by atoms with van der Waals surface area (Å²) in [6, 6.07) is 14.1. The Bertz CT molecular complexity index is 1270. The van der Waals surface area contributed by atoms with Crippen LogP contribution in [0.15, 0.2) is 59.5 Å². The summed E-state index contributed by atoms with van der Waals surface area (Å²) >= 11 is 1.45. The number of hydrogen-bond donors (Lipinski definition) is 1. The summed E-state index contributed by atoms with van der Waals surface area (Å²) in [5.41, 5.74) is 4.19. The van der Waals surface area contributed by atoms with Crippen molar-refractivity contribution in [2.24, 2.45) is 5.92 Å². The highest BCUT2D eigenvalue weighted by Gasteiger charge is 2.47. The van der Waals surface area contributed by atoms with Crippen LogP contribution in [0, 0.1) is 26.7 Å². The number of ketones is 1. The molecule has 1 aromatic heterocycles. The van der Waals surface area contributed by atoms with Gasteiger partial charge in [-0.2, -0.15) is 0 Å². The van der Waals surface area contributed by atoms with Crippen molar-refractivity contribution in [1.29, 1.82) is 0 Å². The Labute approximate surface area is 204 Å². The molecule has 1 N–H and O–H groups in total. The van der Waals surface area contributed by atoms with Crippen molar-refractivity contribution in [2.45, 2.75) is 40.7 Å². The number of carbonyl (C=O) groups is 2. The van der Waals surface area contributed by atoms with Gasteiger partial charge in [-0.1, -0.05) is 26.0 Å². The number of Topliss-reactive ketones (excluding diaryl/α,β-unsaturated/α-hetero) is 1. The molecule has 5 nitrogen and oxygen atoms in total. The number of aliphatic hydroxyl groups excluding tert-OH is 1. The molecule has 1 amide bonds. The maximum atomic E-state index is 13.3. The van der Waals surface area contributed by atoms with Gasteiger partial charge in [0.25, 0.3) is 11.7 Å². The second-order valence-corrected chi connectivity index (χ2v) is 10.1. The molecule has 2 heterocycles. The van der Waals surface area contributed by atoms with Crippen molar-refractivity contribution < 1.29 is 19.4 Å². The highest BCUT2D eigenvalue weighted by atomic mass is 32.1. The molecule has 0 aliphatic carbocycles. The Hall–Kier alpha value is -3.38. The average Bonchev–Trinajstić information content (AvgIpc) is 3.41. The fraction of sp³-hybridized carbons (Fsp3) is 0.286. The normalized spacial score (nSPS) is 17.6. The highest BCUT2D eigenvalue weighted by molar-refractivity contribution is 7.10. The van der Waals surface area contributed by atoms with Gasteiger partial charge in [-0.3, -0.25) is 14.5 Å². The number of carbonyl (C=O) groups excluding carboxylic acids is 2. The van der Waals surface area contributed by atoms with E-state index in [-0.39, 0.29) is 11.3 Å². The first kappa shape index (κ1) is 23.8. The topological polar surface area (TPSA) is 66.8 Å². The molecule has 0 saturated carbocycles. The molecule has 1 aliphatic heterocycles. The van der Waals surface area contributed by atoms with Crippen LogP contribution in [0.1, 0.15) is 47.0 Å². The Kier molecular flexibility index (Phi) is 6.62. The number of hydrogen-bond acceptors (Lipinski definition) is 5. The first-order valence-electron chi connectivity index (χ1n) is 11.3. The lowest BCUT2D eigenvalue weighted by Gasteiger charge is -2.25. The zero-order chi connectivity index (χ0) is 24.6. The summed E-state index contributed by atoms with van der Waals surface area (Å²) in [5.74, 6) is -0.388. The number of thiophene rings is 1. The Morgan fingerprint density at radius 1 is 1.03 bits per heavy atom. The number of ether oxygens (including phenoxy) is 1. The molecule has 34 heavy (non-hydrogen) atoms. The minimum absolute atomic E-state index is 0.0981. The van der Waals surface area contributed by atoms with Gasteiger partial charge in [0.1, 0.15) is 17.6 Å². The quantitative estimate of drug-likeness (QED) is 0.257. The predicted octanol–water partition coefficient (Wildman–Crippen LogP) is 6.33. The van der Waals surface area contributed by atoms with Crippen LogP contribution in [0.2, 0.25) is 0 Å². The zero-order valence-corrected chi connectivity index (χ0v) is 20.9. The third-order valence-electron chi connectivity index (χ3n) is 6.05. The van der Waals surface area contributed by atoms with E-state index < -0.39 is 17.7 Å². The SMILES string of the molecule is Cc1ccc(N2C(=O)C(=O)/C(=C(\O)c3ccc(OCC(C)C)c(C)c3)C2c2cccs2)cc1C. The molecule has 6 heteroatoms. The standard InChI is InChI=1S/C28H29NO4S/c1-16(2)15-33-22-11-9-20(13-19(22)5)26(30)24-25(23-7-6-12-34-23)29(28(32)27(24)31)21-10-8-17(3)18(4)14-21/h6-14,16,25,30H,15H2,1-5H3/b26-24-. The van der Waals surface area contributed by atoms with E-state index in [1.54, 1.807) is 18.2 Å². The molecular formula is C28H29NO4S. The van der Waals surface area contributed by atoms with Gasteiger partial charge in [0.05, 0.1) is 12.2 Å². The van der Waals surface area contributed by atoms with E-state index in [2.05, 4.69) is 13.8 Å². The molecule has 0 spiro atoms. The molecule has 1 atom stereocenters. The minimum Gasteiger partial charge on any atom is -0.507 e. The molecule has 0 bridgehead atoms. The van der Waals surface area contributed by atoms with E-state index in [4.69, 9.17) is 4.74 Å². The van der Waals surface area contributed by atoms with Gasteiger partial charge in [-0.15, -0.1) is 11.3 Å². The number of aliphatic hydroxyl groups is 1. The van der Waals surface area contributed by atoms with E-state index in [0.717, 1.165) is 27.3 Å². The summed E-state index contributed by atoms with van der Waals surface area (Å²) in [6.45, 7) is 10.6. The van der Waals surface area contributed by atoms with Gasteiger partial charge in [0, 0.05) is 16.1 Å². The lowest BCUT2D eigenvalue weighted by Crippen LogP contribution is -2.29. The molecule has 1 fully saturated rings. The van der Waals surface area contributed by atoms with Crippen molar-refractivity contribution in [2.75, 3.05) is 11.5 Å². The molecule has 176 valence electrons. The Balaban J connectivity index is 1.82. The fourth-order valence-corrected chi connectivity index (χ4v) is 4.88. The summed E-state index contributed by atoms with van der Waals surface area (Å²) < 4.78 is 5.85. The lowest BCUT2D eigenvalue weighted by atomic mass is 9.98. The predicted molar refractivity (Wildman–Crippen MR) is 137 cm³/mol. The third-order valence-corrected chi connectivity index (χ3v) is 6.97. The van der Waals surface area contributed by atoms with Crippen LogP contribution in [-0.2, 0) is 9.59 Å². The number of amides is 1. The summed E-state index contributed by atoms with van der Waals surface area (Å²) in [4.78, 5) is 28.8. The number of anilines is 1. The molecule has 1 saturated heterocycles. The number of nitrogens with zero attached hydrogens (tertiary/aromatic N) is 1. The van der Waals surface area contributed by atoms with Gasteiger partial charge < -0.3 is 9.84 Å². The number of rotatable bonds is 6. The lowest BCUT2D eigenvalue weighted by molar-refractivity contribution is -0.132. The highest BCUT2D eigenvalue weighted by Crippen LogP contribution is 2.44. The molecule has 3 aromatic rings. The fourth-order valence-electron chi connectivity index (χ4n) is 4.06. The van der Waals surface area contributed by atoms with Crippen LogP contribution in [-0.4, -0.2) is 23.4 Å². The second kappa shape index (κ2) is 9.47. The summed E-state index contributed by atoms with van der Waals surface area (Å²) in [5, 5.41) is 13.2. The second-order valence-electron chi connectivity index (χ2n) is 9.14. The molecule has 1 unspecified atom stereocenters. The van der Waals surface area contributed by atoms with E-state index >= 15 is 0 Å². The number of benzene rings is 2. The maximum Gasteiger partial charge on any atom is 0.300 e. The van der Waals surface area contributed by atoms with Crippen molar-refractivity contribution in [3.05, 3.63) is 86.6 Å². The van der Waals surface area contributed by atoms with Gasteiger partial charge in [0.15, 0.2) is 0 Å². The molecule has 1 aliphatic rings. The average molecular weight is 476 g/mol. The molecule has 4 rings (SSSR count). The maximum absolute atomic E-state index is 13.3. The molecular weight excluding hydrogens is 446 g/mol. The van der Waals surface area contributed by atoms with Crippen LogP contribution >= 0.6 is 11.3 Å². The van der Waals surface area contributed by atoms with Crippen LogP contribution in [0.5, 0.6) is 5.75 Å². The minimum atomic E-state index is -0.695. The van der Waals surface area contributed by atoms with Crippen molar-refractivity contribution >= 4 is 34.5 Å². The van der Waals surface area contributed by atoms with Gasteiger partial charge in [-0.05, 0) is 85.2 Å². The molecule has 2 aromatic carbocycles. The van der Waals surface area contributed by atoms with Crippen molar-refractivity contribution in [1.82, 2.24) is 0 Å². The van der Waals surface area contributed by atoms with E-state index in [1.807, 2.05) is 56.5 Å². The van der Waals surface area contributed by atoms with Gasteiger partial charge in [-0.25, -0.2) is 0 Å². The first-order valence-corrected chi connectivity index (χ1v) is 12.2. The van der Waals surface area contributed by atoms with Crippen LogP contribution in [0.3, 0.4) is 0 Å².